The molecule has 0 spiro atoms. The summed E-state index contributed by atoms with van der Waals surface area (Å²) in [7, 11) is 1.66. The molecule has 4 heteroatoms. The molecule has 1 aliphatic heterocycles. The molecule has 1 unspecified atom stereocenters. The Bertz CT molecular complexity index is 811. The molecule has 24 heavy (non-hydrogen) atoms. The highest BCUT2D eigenvalue weighted by atomic mass is 16.5. The molecular formula is C20H20N2O2. The third-order valence-electron chi connectivity index (χ3n) is 5.01. The van der Waals surface area contributed by atoms with E-state index in [4.69, 9.17) is 9.84 Å². The Hall–Kier alpha value is -2.62. The van der Waals surface area contributed by atoms with E-state index in [2.05, 4.69) is 18.2 Å². The lowest BCUT2D eigenvalue weighted by atomic mass is 9.77. The van der Waals surface area contributed by atoms with Crippen molar-refractivity contribution >= 4 is 11.6 Å². The first kappa shape index (κ1) is 14.9. The van der Waals surface area contributed by atoms with Crippen LogP contribution in [0.5, 0.6) is 5.75 Å². The highest BCUT2D eigenvalue weighted by molar-refractivity contribution is 6.06. The molecular weight excluding hydrogens is 300 g/mol. The number of aryl methyl sites for hydroxylation is 1. The molecule has 0 radical (unpaired) electrons. The number of hydrazone groups is 1. The van der Waals surface area contributed by atoms with Crippen molar-refractivity contribution in [2.45, 2.75) is 25.8 Å². The van der Waals surface area contributed by atoms with E-state index in [0.29, 0.717) is 0 Å². The van der Waals surface area contributed by atoms with Crippen molar-refractivity contribution in [1.82, 2.24) is 5.01 Å². The van der Waals surface area contributed by atoms with Crippen LogP contribution in [-0.4, -0.2) is 23.7 Å². The average Bonchev–Trinajstić information content (AvgIpc) is 3.02. The number of carbonyl (C=O) groups is 1. The van der Waals surface area contributed by atoms with Gasteiger partial charge in [-0.25, -0.2) is 5.01 Å². The molecule has 2 atom stereocenters. The van der Waals surface area contributed by atoms with Crippen molar-refractivity contribution in [1.29, 1.82) is 0 Å². The largest absolute Gasteiger partial charge is 0.497 e. The van der Waals surface area contributed by atoms with E-state index in [1.165, 1.54) is 11.1 Å². The minimum absolute atomic E-state index is 0.0183. The van der Waals surface area contributed by atoms with E-state index in [-0.39, 0.29) is 17.9 Å². The normalized spacial score (nSPS) is 21.8. The fourth-order valence-corrected chi connectivity index (χ4v) is 3.86. The third-order valence-corrected chi connectivity index (χ3v) is 5.01. The van der Waals surface area contributed by atoms with Crippen LogP contribution in [0.1, 0.15) is 36.1 Å². The lowest BCUT2D eigenvalue weighted by molar-refractivity contribution is -0.131. The van der Waals surface area contributed by atoms with Crippen LogP contribution in [0, 0.1) is 5.92 Å². The number of rotatable bonds is 2. The molecule has 2 aliphatic rings. The number of ether oxygens (including phenoxy) is 1. The van der Waals surface area contributed by atoms with Crippen molar-refractivity contribution in [2.75, 3.05) is 7.11 Å². The summed E-state index contributed by atoms with van der Waals surface area (Å²) >= 11 is 0. The molecule has 1 amide bonds. The monoisotopic (exact) mass is 320 g/mol. The predicted molar refractivity (Wildman–Crippen MR) is 93.0 cm³/mol. The number of carbonyl (C=O) groups excluding carboxylic acids is 1. The number of hydrogen-bond acceptors (Lipinski definition) is 3. The van der Waals surface area contributed by atoms with Crippen molar-refractivity contribution in [2.24, 2.45) is 11.0 Å². The number of methoxy groups -OCH3 is 1. The van der Waals surface area contributed by atoms with Gasteiger partial charge in [-0.05, 0) is 36.1 Å². The van der Waals surface area contributed by atoms with E-state index in [9.17, 15) is 4.79 Å². The summed E-state index contributed by atoms with van der Waals surface area (Å²) in [5.74, 6) is 1.05. The van der Waals surface area contributed by atoms with E-state index < -0.39 is 0 Å². The second-order valence-corrected chi connectivity index (χ2v) is 6.37. The van der Waals surface area contributed by atoms with Gasteiger partial charge in [-0.15, -0.1) is 0 Å². The van der Waals surface area contributed by atoms with E-state index in [0.717, 1.165) is 29.9 Å². The molecule has 122 valence electrons. The summed E-state index contributed by atoms with van der Waals surface area (Å²) in [4.78, 5) is 12.2. The van der Waals surface area contributed by atoms with E-state index >= 15 is 0 Å². The van der Waals surface area contributed by atoms with Crippen LogP contribution in [0.2, 0.25) is 0 Å². The van der Waals surface area contributed by atoms with Gasteiger partial charge < -0.3 is 4.74 Å². The van der Waals surface area contributed by atoms with Gasteiger partial charge in [0.1, 0.15) is 5.75 Å². The number of fused-ring (bicyclic) bond motifs is 3. The zero-order valence-electron chi connectivity index (χ0n) is 13.9. The van der Waals surface area contributed by atoms with Crippen LogP contribution in [0.4, 0.5) is 0 Å². The number of hydrogen-bond donors (Lipinski definition) is 0. The Morgan fingerprint density at radius 2 is 1.92 bits per heavy atom. The topological polar surface area (TPSA) is 41.9 Å². The zero-order chi connectivity index (χ0) is 16.7. The maximum atomic E-state index is 12.2. The highest BCUT2D eigenvalue weighted by Gasteiger charge is 2.42. The fraction of sp³-hybridized carbons (Fsp3) is 0.300. The summed E-state index contributed by atoms with van der Waals surface area (Å²) in [6.07, 6.45) is 2.04. The first-order chi connectivity index (χ1) is 11.7. The van der Waals surface area contributed by atoms with Crippen LogP contribution in [0.15, 0.2) is 53.6 Å². The van der Waals surface area contributed by atoms with Gasteiger partial charge >= 0.3 is 0 Å². The maximum absolute atomic E-state index is 12.2. The molecule has 2 aromatic carbocycles. The Balaban J connectivity index is 1.77. The molecule has 0 saturated heterocycles. The molecule has 1 heterocycles. The zero-order valence-corrected chi connectivity index (χ0v) is 13.9. The Morgan fingerprint density at radius 1 is 1.17 bits per heavy atom. The molecule has 2 aromatic rings. The number of amides is 1. The van der Waals surface area contributed by atoms with Gasteiger partial charge in [-0.2, -0.15) is 5.10 Å². The van der Waals surface area contributed by atoms with Crippen LogP contribution in [0.25, 0.3) is 0 Å². The van der Waals surface area contributed by atoms with Gasteiger partial charge in [-0.1, -0.05) is 36.4 Å². The van der Waals surface area contributed by atoms with Crippen LogP contribution >= 0.6 is 0 Å². The van der Waals surface area contributed by atoms with Crippen molar-refractivity contribution in [3.05, 3.63) is 65.2 Å². The summed E-state index contributed by atoms with van der Waals surface area (Å²) in [5, 5.41) is 6.38. The van der Waals surface area contributed by atoms with Crippen molar-refractivity contribution in [3.63, 3.8) is 0 Å². The minimum atomic E-state index is -0.0308. The van der Waals surface area contributed by atoms with Crippen molar-refractivity contribution in [3.8, 4) is 5.75 Å². The van der Waals surface area contributed by atoms with Crippen molar-refractivity contribution < 1.29 is 9.53 Å². The van der Waals surface area contributed by atoms with Gasteiger partial charge in [0.25, 0.3) is 0 Å². The van der Waals surface area contributed by atoms with Gasteiger partial charge in [0.15, 0.2) is 0 Å². The molecule has 4 rings (SSSR count). The quantitative estimate of drug-likeness (QED) is 0.849. The Labute approximate surface area is 141 Å². The van der Waals surface area contributed by atoms with Gasteiger partial charge in [0.2, 0.25) is 5.91 Å². The molecule has 0 fully saturated rings. The fourth-order valence-electron chi connectivity index (χ4n) is 3.86. The standard InChI is InChI=1S/C20H20N2O2/c1-13(23)22-20(15-7-10-16(24-2)11-8-15)18-12-9-14-5-3-4-6-17(14)19(18)21-22/h3-8,10-11,18,20H,9,12H2,1-2H3/t18-,20?/m1/s1. The summed E-state index contributed by atoms with van der Waals surface area (Å²) in [5.41, 5.74) is 4.67. The first-order valence-electron chi connectivity index (χ1n) is 8.29. The second-order valence-electron chi connectivity index (χ2n) is 6.37. The summed E-state index contributed by atoms with van der Waals surface area (Å²) < 4.78 is 5.25. The molecule has 0 bridgehead atoms. The van der Waals surface area contributed by atoms with Crippen LogP contribution in [0.3, 0.4) is 0 Å². The predicted octanol–water partition coefficient (Wildman–Crippen LogP) is 3.57. The first-order valence-corrected chi connectivity index (χ1v) is 8.29. The SMILES string of the molecule is COc1ccc(C2[C@@H]3CCc4ccccc4C3=NN2C(C)=O)cc1. The van der Waals surface area contributed by atoms with Gasteiger partial charge in [0.05, 0.1) is 18.9 Å². The molecule has 0 saturated carbocycles. The van der Waals surface area contributed by atoms with Gasteiger partial charge in [0, 0.05) is 18.4 Å². The molecule has 0 aromatic heterocycles. The second kappa shape index (κ2) is 5.78. The molecule has 1 aliphatic carbocycles. The van der Waals surface area contributed by atoms with E-state index in [1.807, 2.05) is 30.3 Å². The number of benzene rings is 2. The lowest BCUT2D eigenvalue weighted by Crippen LogP contribution is -2.30. The summed E-state index contributed by atoms with van der Waals surface area (Å²) in [6, 6.07) is 16.3. The summed E-state index contributed by atoms with van der Waals surface area (Å²) in [6.45, 7) is 1.59. The van der Waals surface area contributed by atoms with Crippen LogP contribution < -0.4 is 4.74 Å². The minimum Gasteiger partial charge on any atom is -0.497 e. The van der Waals surface area contributed by atoms with E-state index in [1.54, 1.807) is 19.0 Å². The van der Waals surface area contributed by atoms with Crippen LogP contribution in [-0.2, 0) is 11.2 Å². The lowest BCUT2D eigenvalue weighted by Gasteiger charge is -2.29. The smallest absolute Gasteiger partial charge is 0.240 e. The average molecular weight is 320 g/mol. The Morgan fingerprint density at radius 3 is 2.62 bits per heavy atom. The molecule has 4 nitrogen and oxygen atoms in total. The Kier molecular flexibility index (Phi) is 3.60. The van der Waals surface area contributed by atoms with Gasteiger partial charge in [-0.3, -0.25) is 4.79 Å². The third kappa shape index (κ3) is 2.30. The highest BCUT2D eigenvalue weighted by Crippen LogP contribution is 2.43. The number of nitrogens with zero attached hydrogens (tertiary/aromatic N) is 2. The molecule has 0 N–H and O–H groups in total. The maximum Gasteiger partial charge on any atom is 0.240 e.